The number of nitrogens with two attached hydrogens (primary N) is 4. The Morgan fingerprint density at radius 3 is 0.760 bits per heavy atom. The highest BCUT2D eigenvalue weighted by Gasteiger charge is 2.27. The summed E-state index contributed by atoms with van der Waals surface area (Å²) in [5, 5.41) is 0. The van der Waals surface area contributed by atoms with Crippen LogP contribution in [0.4, 0.5) is 0 Å². The maximum absolute atomic E-state index is 9.63. The topological polar surface area (TPSA) is 228 Å². The summed E-state index contributed by atoms with van der Waals surface area (Å²) < 4.78 is 22.2. The molecule has 0 atom stereocenters. The van der Waals surface area contributed by atoms with Gasteiger partial charge < -0.3 is 42.5 Å². The minimum absolute atomic E-state index is 0.583. The van der Waals surface area contributed by atoms with E-state index in [4.69, 9.17) is 42.5 Å². The minimum Gasteiger partial charge on any atom is -0.327 e. The molecule has 0 heterocycles. The molecule has 0 aromatic carbocycles. The summed E-state index contributed by atoms with van der Waals surface area (Å²) in [5.74, 6) is 0. The third-order valence-electron chi connectivity index (χ3n) is 0.879. The largest absolute Gasteiger partial charge is 0.478 e. The highest BCUT2D eigenvalue weighted by molar-refractivity contribution is 7.60. The summed E-state index contributed by atoms with van der Waals surface area (Å²) >= 11 is 0. The van der Waals surface area contributed by atoms with Crippen molar-refractivity contribution in [1.29, 1.82) is 0 Å². The summed E-state index contributed by atoms with van der Waals surface area (Å²) in [4.78, 5) is 31.0. The summed E-state index contributed by atoms with van der Waals surface area (Å²) in [7, 11) is -10.1. The molecule has 0 bridgehead atoms. The van der Waals surface area contributed by atoms with Gasteiger partial charge >= 0.3 is 15.6 Å². The molecule has 0 aliphatic heterocycles. The summed E-state index contributed by atoms with van der Waals surface area (Å²) in [6.45, 7) is 15.8. The van der Waals surface area contributed by atoms with Crippen LogP contribution in [0.3, 0.4) is 0 Å². The lowest BCUT2D eigenvalue weighted by atomic mass is 10.7. The van der Waals surface area contributed by atoms with Gasteiger partial charge in [0.05, 0.1) is 0 Å². The van der Waals surface area contributed by atoms with Crippen molar-refractivity contribution < 1.29 is 33.0 Å². The summed E-state index contributed by atoms with van der Waals surface area (Å²) in [6, 6.07) is 0. The van der Waals surface area contributed by atoms with Gasteiger partial charge in [-0.3, -0.25) is 0 Å². The second-order valence-corrected chi connectivity index (χ2v) is 5.78. The molecule has 0 spiro atoms. The fourth-order valence-electron chi connectivity index (χ4n) is 0.139. The Labute approximate surface area is 149 Å². The van der Waals surface area contributed by atoms with Crippen molar-refractivity contribution in [1.82, 2.24) is 0 Å². The van der Waals surface area contributed by atoms with Crippen LogP contribution in [0.1, 0.15) is 0 Å². The van der Waals surface area contributed by atoms with E-state index in [1.165, 1.54) is 0 Å². The van der Waals surface area contributed by atoms with Crippen molar-refractivity contribution in [3.63, 3.8) is 0 Å². The third-order valence-corrected chi connectivity index (χ3v) is 2.58. The predicted octanol–water partition coefficient (Wildman–Crippen LogP) is -0.287. The van der Waals surface area contributed by atoms with Crippen LogP contribution in [0.15, 0.2) is 50.6 Å². The molecule has 0 aromatic heterocycles. The fourth-order valence-corrected chi connectivity index (χ4v) is 1.25. The molecule has 0 fully saturated rings. The minimum atomic E-state index is -5.05. The first kappa shape index (κ1) is 35.2. The van der Waals surface area contributed by atoms with Gasteiger partial charge in [0.2, 0.25) is 0 Å². The molecule has 152 valence electrons. The lowest BCUT2D eigenvalue weighted by Gasteiger charge is -2.03. The smallest absolute Gasteiger partial charge is 0.327 e. The quantitative estimate of drug-likeness (QED) is 0.211. The number of hydrogen-bond acceptors (Lipinski definition) is 7. The number of hydrogen-bond donors (Lipinski definition) is 8. The van der Waals surface area contributed by atoms with Crippen molar-refractivity contribution in [3.05, 3.63) is 50.6 Å². The van der Waals surface area contributed by atoms with E-state index in [0.717, 1.165) is 0 Å². The maximum Gasteiger partial charge on any atom is 0.478 e. The molecule has 0 radical (unpaired) electrons. The molecule has 13 heteroatoms. The molecular formula is C12H32N4O7P2. The van der Waals surface area contributed by atoms with E-state index in [1.807, 2.05) is 0 Å². The number of rotatable bonds is 6. The van der Waals surface area contributed by atoms with Crippen LogP contribution in [0.5, 0.6) is 0 Å². The van der Waals surface area contributed by atoms with Crippen LogP contribution in [0, 0.1) is 0 Å². The molecule has 0 saturated carbocycles. The molecule has 0 rings (SSSR count). The Bertz CT molecular complexity index is 345. The van der Waals surface area contributed by atoms with Crippen molar-refractivity contribution in [2.24, 2.45) is 22.9 Å². The normalized spacial score (nSPS) is 8.96. The summed E-state index contributed by atoms with van der Waals surface area (Å²) in [6.07, 6.45) is 6.61. The molecule has 0 aromatic rings. The molecule has 0 saturated heterocycles. The Morgan fingerprint density at radius 1 is 0.640 bits per heavy atom. The molecule has 11 nitrogen and oxygen atoms in total. The monoisotopic (exact) mass is 406 g/mol. The molecule has 12 N–H and O–H groups in total. The molecular weight excluding hydrogens is 374 g/mol. The molecule has 0 unspecified atom stereocenters. The van der Waals surface area contributed by atoms with Gasteiger partial charge in [-0.15, -0.1) is 26.3 Å². The van der Waals surface area contributed by atoms with Gasteiger partial charge in [-0.25, -0.2) is 9.13 Å². The lowest BCUT2D eigenvalue weighted by molar-refractivity contribution is 0.225. The van der Waals surface area contributed by atoms with Crippen LogP contribution in [0.2, 0.25) is 0 Å². The van der Waals surface area contributed by atoms with Gasteiger partial charge in [-0.2, -0.15) is 4.31 Å². The number of phosphoric acid groups is 2. The Hall–Kier alpha value is -0.940. The lowest BCUT2D eigenvalue weighted by Crippen LogP contribution is -1.90. The van der Waals surface area contributed by atoms with E-state index in [0.29, 0.717) is 26.2 Å². The van der Waals surface area contributed by atoms with E-state index in [1.54, 1.807) is 24.3 Å². The third kappa shape index (κ3) is 125. The molecule has 0 amide bonds. The van der Waals surface area contributed by atoms with Crippen molar-refractivity contribution >= 4 is 15.6 Å². The van der Waals surface area contributed by atoms with E-state index < -0.39 is 15.6 Å². The van der Waals surface area contributed by atoms with E-state index in [9.17, 15) is 9.13 Å². The van der Waals surface area contributed by atoms with E-state index in [2.05, 4.69) is 30.6 Å². The van der Waals surface area contributed by atoms with Gasteiger partial charge in [0.15, 0.2) is 0 Å². The van der Waals surface area contributed by atoms with Gasteiger partial charge in [0.25, 0.3) is 0 Å². The first-order valence-corrected chi connectivity index (χ1v) is 9.49. The van der Waals surface area contributed by atoms with Gasteiger partial charge in [0, 0.05) is 26.2 Å². The maximum atomic E-state index is 9.63. The zero-order chi connectivity index (χ0) is 21.4. The average Bonchev–Trinajstić information content (AvgIpc) is 2.52. The van der Waals surface area contributed by atoms with Crippen LogP contribution >= 0.6 is 15.6 Å². The van der Waals surface area contributed by atoms with Crippen molar-refractivity contribution in [2.75, 3.05) is 26.2 Å². The molecule has 0 aliphatic rings. The van der Waals surface area contributed by atoms with E-state index >= 15 is 0 Å². The van der Waals surface area contributed by atoms with Crippen LogP contribution in [-0.4, -0.2) is 45.8 Å². The second kappa shape index (κ2) is 27.9. The predicted molar refractivity (Wildman–Crippen MR) is 102 cm³/mol. The SMILES string of the molecule is C=CCN.C=CCN.C=CCN.C=CCN.O=P(O)(O)OP(=O)(O)O. The van der Waals surface area contributed by atoms with Gasteiger partial charge in [0.1, 0.15) is 0 Å². The average molecular weight is 406 g/mol. The van der Waals surface area contributed by atoms with Gasteiger partial charge in [-0.1, -0.05) is 24.3 Å². The second-order valence-electron chi connectivity index (χ2n) is 3.16. The standard InChI is InChI=1S/4C3H7N.H4O7P2/c4*1-2-3-4;1-8(2,3)7-9(4,5)6/h4*2H,1,3-4H2;(H2,1,2,3)(H2,4,5,6). The first-order valence-electron chi connectivity index (χ1n) is 6.43. The summed E-state index contributed by atoms with van der Waals surface area (Å²) in [5.41, 5.74) is 19.6. The Kier molecular flexibility index (Phi) is 39.3. The van der Waals surface area contributed by atoms with Crippen molar-refractivity contribution in [3.8, 4) is 0 Å². The highest BCUT2D eigenvalue weighted by atomic mass is 31.3. The van der Waals surface area contributed by atoms with Gasteiger partial charge in [-0.05, 0) is 0 Å². The molecule has 25 heavy (non-hydrogen) atoms. The van der Waals surface area contributed by atoms with Crippen LogP contribution in [0.25, 0.3) is 0 Å². The zero-order valence-electron chi connectivity index (χ0n) is 14.2. The van der Waals surface area contributed by atoms with E-state index in [-0.39, 0.29) is 0 Å². The Balaban J connectivity index is -0.0000000714. The fraction of sp³-hybridized carbons (Fsp3) is 0.333. The Morgan fingerprint density at radius 2 is 0.760 bits per heavy atom. The first-order chi connectivity index (χ1) is 11.4. The van der Waals surface area contributed by atoms with Crippen molar-refractivity contribution in [2.45, 2.75) is 0 Å². The highest BCUT2D eigenvalue weighted by Crippen LogP contribution is 2.53. The van der Waals surface area contributed by atoms with Crippen LogP contribution in [-0.2, 0) is 13.4 Å². The zero-order valence-corrected chi connectivity index (χ0v) is 16.0. The van der Waals surface area contributed by atoms with Crippen LogP contribution < -0.4 is 22.9 Å². The molecule has 0 aliphatic carbocycles.